The van der Waals surface area contributed by atoms with Crippen LogP contribution in [0.2, 0.25) is 0 Å². The van der Waals surface area contributed by atoms with Crippen LogP contribution in [0.15, 0.2) is 36.8 Å². The summed E-state index contributed by atoms with van der Waals surface area (Å²) in [5.74, 6) is 2.69. The monoisotopic (exact) mass is 296 g/mol. The fourth-order valence-electron chi connectivity index (χ4n) is 3.95. The molecule has 22 heavy (non-hydrogen) atoms. The van der Waals surface area contributed by atoms with Gasteiger partial charge in [0.05, 0.1) is 0 Å². The highest BCUT2D eigenvalue weighted by Crippen LogP contribution is 2.48. The van der Waals surface area contributed by atoms with Crippen molar-refractivity contribution in [2.75, 3.05) is 0 Å². The Kier molecular flexibility index (Phi) is 3.41. The van der Waals surface area contributed by atoms with E-state index in [-0.39, 0.29) is 11.8 Å². The summed E-state index contributed by atoms with van der Waals surface area (Å²) in [5, 5.41) is 7.23. The van der Waals surface area contributed by atoms with Crippen molar-refractivity contribution < 1.29 is 4.79 Å². The van der Waals surface area contributed by atoms with Gasteiger partial charge in [-0.05, 0) is 48.8 Å². The minimum atomic E-state index is 0.225. The molecule has 114 valence electrons. The van der Waals surface area contributed by atoms with Crippen LogP contribution in [0, 0.1) is 17.8 Å². The fraction of sp³-hybridized carbons (Fsp3) is 0.471. The molecule has 1 amide bonds. The lowest BCUT2D eigenvalue weighted by Gasteiger charge is -2.20. The predicted molar refractivity (Wildman–Crippen MR) is 82.1 cm³/mol. The number of nitrogens with one attached hydrogen (secondary N) is 1. The third kappa shape index (κ3) is 2.51. The van der Waals surface area contributed by atoms with Crippen molar-refractivity contribution >= 4 is 5.91 Å². The van der Waals surface area contributed by atoms with Gasteiger partial charge in [-0.1, -0.05) is 12.5 Å². The molecule has 2 aliphatic carbocycles. The Morgan fingerprint density at radius 3 is 2.91 bits per heavy atom. The van der Waals surface area contributed by atoms with Gasteiger partial charge < -0.3 is 5.32 Å². The number of aromatic nitrogens is 3. The molecule has 0 aromatic carbocycles. The lowest BCUT2D eigenvalue weighted by molar-refractivity contribution is -0.126. The zero-order valence-corrected chi connectivity index (χ0v) is 12.5. The van der Waals surface area contributed by atoms with Gasteiger partial charge in [-0.15, -0.1) is 0 Å². The minimum absolute atomic E-state index is 0.225. The average molecular weight is 296 g/mol. The molecule has 3 atom stereocenters. The molecule has 2 aliphatic rings. The average Bonchev–Trinajstić information content (AvgIpc) is 3.29. The molecule has 2 aromatic heterocycles. The first kappa shape index (κ1) is 13.5. The Morgan fingerprint density at radius 1 is 1.32 bits per heavy atom. The second-order valence-corrected chi connectivity index (χ2v) is 6.47. The van der Waals surface area contributed by atoms with E-state index < -0.39 is 0 Å². The molecule has 5 nitrogen and oxygen atoms in total. The van der Waals surface area contributed by atoms with E-state index in [1.807, 2.05) is 24.4 Å². The first-order chi connectivity index (χ1) is 10.8. The van der Waals surface area contributed by atoms with Crippen LogP contribution in [-0.2, 0) is 11.3 Å². The number of carbonyl (C=O) groups excluding carboxylic acids is 1. The standard InChI is InChI=1S/C17H20N4O/c22-17(15-9-12-2-4-14(15)8-12)19-11-13-3-5-16(18-10-13)21-7-1-6-20-21/h1,3,5-7,10,12,14-15H,2,4,8-9,11H2,(H,19,22)/t12-,14-,15+/m0/s1. The van der Waals surface area contributed by atoms with Gasteiger partial charge in [0, 0.05) is 31.1 Å². The van der Waals surface area contributed by atoms with Crippen molar-refractivity contribution in [1.82, 2.24) is 20.1 Å². The van der Waals surface area contributed by atoms with Crippen molar-refractivity contribution in [2.24, 2.45) is 17.8 Å². The van der Waals surface area contributed by atoms with E-state index in [0.29, 0.717) is 12.5 Å². The summed E-state index contributed by atoms with van der Waals surface area (Å²) in [6, 6.07) is 5.78. The number of carbonyl (C=O) groups is 1. The SMILES string of the molecule is O=C(NCc1ccc(-n2cccn2)nc1)[C@@H]1C[C@H]2CC[C@H]1C2. The maximum absolute atomic E-state index is 12.3. The number of rotatable bonds is 4. The molecule has 2 aromatic rings. The van der Waals surface area contributed by atoms with Crippen LogP contribution >= 0.6 is 0 Å². The van der Waals surface area contributed by atoms with E-state index >= 15 is 0 Å². The van der Waals surface area contributed by atoms with E-state index in [9.17, 15) is 4.79 Å². The van der Waals surface area contributed by atoms with E-state index in [1.165, 1.54) is 19.3 Å². The van der Waals surface area contributed by atoms with Crippen LogP contribution < -0.4 is 5.32 Å². The van der Waals surface area contributed by atoms with Crippen molar-refractivity contribution in [1.29, 1.82) is 0 Å². The van der Waals surface area contributed by atoms with Crippen LogP contribution in [0.4, 0.5) is 0 Å². The zero-order valence-electron chi connectivity index (χ0n) is 12.5. The van der Waals surface area contributed by atoms with Crippen LogP contribution in [0.3, 0.4) is 0 Å². The Labute approximate surface area is 129 Å². The molecule has 2 heterocycles. The van der Waals surface area contributed by atoms with Gasteiger partial charge in [0.15, 0.2) is 5.82 Å². The normalized spacial score (nSPS) is 26.3. The van der Waals surface area contributed by atoms with Gasteiger partial charge in [-0.3, -0.25) is 4.79 Å². The van der Waals surface area contributed by atoms with Gasteiger partial charge in [0.1, 0.15) is 0 Å². The Hall–Kier alpha value is -2.17. The number of hydrogen-bond donors (Lipinski definition) is 1. The van der Waals surface area contributed by atoms with Gasteiger partial charge in [-0.2, -0.15) is 5.10 Å². The number of hydrogen-bond acceptors (Lipinski definition) is 3. The summed E-state index contributed by atoms with van der Waals surface area (Å²) < 4.78 is 1.72. The lowest BCUT2D eigenvalue weighted by atomic mass is 9.88. The maximum Gasteiger partial charge on any atom is 0.223 e. The highest BCUT2D eigenvalue weighted by molar-refractivity contribution is 5.79. The number of fused-ring (bicyclic) bond motifs is 2. The molecule has 0 saturated heterocycles. The van der Waals surface area contributed by atoms with Gasteiger partial charge >= 0.3 is 0 Å². The molecule has 0 unspecified atom stereocenters. The molecule has 5 heteroatoms. The summed E-state index contributed by atoms with van der Waals surface area (Å²) in [7, 11) is 0. The largest absolute Gasteiger partial charge is 0.352 e. The van der Waals surface area contributed by atoms with Crippen molar-refractivity contribution in [3.63, 3.8) is 0 Å². The molecule has 4 rings (SSSR count). The van der Waals surface area contributed by atoms with Gasteiger partial charge in [0.2, 0.25) is 5.91 Å². The molecule has 0 radical (unpaired) electrons. The summed E-state index contributed by atoms with van der Waals surface area (Å²) in [5.41, 5.74) is 1.02. The summed E-state index contributed by atoms with van der Waals surface area (Å²) in [6.45, 7) is 0.555. The van der Waals surface area contributed by atoms with Crippen molar-refractivity contribution in [3.05, 3.63) is 42.4 Å². The minimum Gasteiger partial charge on any atom is -0.352 e. The highest BCUT2D eigenvalue weighted by Gasteiger charge is 2.42. The van der Waals surface area contributed by atoms with Crippen LogP contribution in [0.25, 0.3) is 5.82 Å². The quantitative estimate of drug-likeness (QED) is 0.942. The number of nitrogens with zero attached hydrogens (tertiary/aromatic N) is 3. The number of pyridine rings is 1. The Morgan fingerprint density at radius 2 is 2.27 bits per heavy atom. The van der Waals surface area contributed by atoms with Crippen LogP contribution in [-0.4, -0.2) is 20.7 Å². The molecule has 0 spiro atoms. The van der Waals surface area contributed by atoms with Crippen molar-refractivity contribution in [2.45, 2.75) is 32.2 Å². The molecule has 2 fully saturated rings. The molecule has 0 aliphatic heterocycles. The molecule has 2 saturated carbocycles. The van der Waals surface area contributed by atoms with E-state index in [2.05, 4.69) is 15.4 Å². The first-order valence-corrected chi connectivity index (χ1v) is 8.02. The second kappa shape index (κ2) is 5.55. The smallest absolute Gasteiger partial charge is 0.223 e. The Balaban J connectivity index is 1.35. The summed E-state index contributed by atoms with van der Waals surface area (Å²) in [6.07, 6.45) is 10.3. The summed E-state index contributed by atoms with van der Waals surface area (Å²) in [4.78, 5) is 16.7. The topological polar surface area (TPSA) is 59.8 Å². The van der Waals surface area contributed by atoms with Gasteiger partial charge in [-0.25, -0.2) is 9.67 Å². The van der Waals surface area contributed by atoms with E-state index in [1.54, 1.807) is 17.1 Å². The third-order valence-corrected chi connectivity index (χ3v) is 5.09. The first-order valence-electron chi connectivity index (χ1n) is 8.02. The highest BCUT2D eigenvalue weighted by atomic mass is 16.1. The molecule has 2 bridgehead atoms. The fourth-order valence-corrected chi connectivity index (χ4v) is 3.95. The molecular weight excluding hydrogens is 276 g/mol. The summed E-state index contributed by atoms with van der Waals surface area (Å²) >= 11 is 0. The molecular formula is C17H20N4O. The lowest BCUT2D eigenvalue weighted by Crippen LogP contribution is -2.33. The maximum atomic E-state index is 12.3. The van der Waals surface area contributed by atoms with E-state index in [0.717, 1.165) is 23.7 Å². The Bertz CT molecular complexity index is 650. The van der Waals surface area contributed by atoms with Crippen LogP contribution in [0.5, 0.6) is 0 Å². The third-order valence-electron chi connectivity index (χ3n) is 5.09. The van der Waals surface area contributed by atoms with Crippen molar-refractivity contribution in [3.8, 4) is 5.82 Å². The molecule has 1 N–H and O–H groups in total. The van der Waals surface area contributed by atoms with Gasteiger partial charge in [0.25, 0.3) is 0 Å². The second-order valence-electron chi connectivity index (χ2n) is 6.47. The predicted octanol–water partition coefficient (Wildman–Crippen LogP) is 2.32. The zero-order chi connectivity index (χ0) is 14.9. The number of amides is 1. The van der Waals surface area contributed by atoms with E-state index in [4.69, 9.17) is 0 Å². The van der Waals surface area contributed by atoms with Crippen LogP contribution in [0.1, 0.15) is 31.2 Å².